The van der Waals surface area contributed by atoms with Gasteiger partial charge in [-0.1, -0.05) is 13.8 Å². The van der Waals surface area contributed by atoms with E-state index >= 15 is 0 Å². The van der Waals surface area contributed by atoms with Crippen molar-refractivity contribution < 1.29 is 26.4 Å². The number of halogens is 3. The zero-order valence-electron chi connectivity index (χ0n) is 12.3. The van der Waals surface area contributed by atoms with Crippen LogP contribution in [0.1, 0.15) is 33.1 Å². The van der Waals surface area contributed by atoms with Crippen molar-refractivity contribution in [1.82, 2.24) is 9.62 Å². The molecule has 1 heterocycles. The van der Waals surface area contributed by atoms with E-state index in [0.717, 1.165) is 13.8 Å². The predicted molar refractivity (Wildman–Crippen MR) is 72.0 cm³/mol. The van der Waals surface area contributed by atoms with Crippen LogP contribution >= 0.6 is 0 Å². The molecule has 0 radical (unpaired) electrons. The lowest BCUT2D eigenvalue weighted by Gasteiger charge is -2.30. The van der Waals surface area contributed by atoms with Crippen molar-refractivity contribution >= 4 is 15.9 Å². The van der Waals surface area contributed by atoms with E-state index in [1.807, 2.05) is 0 Å². The number of piperidine rings is 1. The quantitative estimate of drug-likeness (QED) is 0.831. The highest BCUT2D eigenvalue weighted by Gasteiger charge is 2.47. The third-order valence-corrected chi connectivity index (χ3v) is 5.20. The molecule has 0 unspecified atom stereocenters. The summed E-state index contributed by atoms with van der Waals surface area (Å²) in [7, 11) is -2.21. The van der Waals surface area contributed by atoms with Gasteiger partial charge in [0.2, 0.25) is 15.9 Å². The van der Waals surface area contributed by atoms with Crippen molar-refractivity contribution in [1.29, 1.82) is 0 Å². The summed E-state index contributed by atoms with van der Waals surface area (Å²) in [5, 5.41) is 0. The van der Waals surface area contributed by atoms with Gasteiger partial charge in [-0.2, -0.15) is 13.2 Å². The molecule has 0 aromatic heterocycles. The highest BCUT2D eigenvalue weighted by atomic mass is 32.2. The lowest BCUT2D eigenvalue weighted by Crippen LogP contribution is -2.47. The molecule has 1 aliphatic heterocycles. The summed E-state index contributed by atoms with van der Waals surface area (Å²) in [6, 6.07) is -0.535. The van der Waals surface area contributed by atoms with Gasteiger partial charge in [0.15, 0.2) is 0 Å². The normalized spacial score (nSPS) is 21.7. The van der Waals surface area contributed by atoms with E-state index in [1.54, 1.807) is 7.05 Å². The van der Waals surface area contributed by atoms with E-state index in [9.17, 15) is 26.4 Å². The molecule has 1 atom stereocenters. The minimum atomic E-state index is -4.45. The first-order valence-corrected chi connectivity index (χ1v) is 8.30. The Kier molecular flexibility index (Phi) is 5.31. The first-order valence-electron chi connectivity index (χ1n) is 6.65. The molecule has 0 spiro atoms. The molecule has 1 amide bonds. The van der Waals surface area contributed by atoms with E-state index in [-0.39, 0.29) is 12.3 Å². The molecule has 1 N–H and O–H groups in total. The first kappa shape index (κ1) is 18.2. The standard InChI is InChI=1S/C12H21F3N2O3S/c1-11(2,12(13,14)15)5-7-21(19,20)16-9-4-6-17(3)10(18)8-9/h9,16H,4-8H2,1-3H3/t9-/m0/s1. The average Bonchev–Trinajstić information content (AvgIpc) is 2.30. The Morgan fingerprint density at radius 1 is 1.33 bits per heavy atom. The molecule has 1 fully saturated rings. The van der Waals surface area contributed by atoms with Crippen LogP contribution in [0.4, 0.5) is 13.2 Å². The van der Waals surface area contributed by atoms with E-state index in [4.69, 9.17) is 0 Å². The van der Waals surface area contributed by atoms with Crippen LogP contribution < -0.4 is 4.72 Å². The van der Waals surface area contributed by atoms with Gasteiger partial charge in [-0.05, 0) is 12.8 Å². The highest BCUT2D eigenvalue weighted by Crippen LogP contribution is 2.40. The van der Waals surface area contributed by atoms with Crippen molar-refractivity contribution in [3.05, 3.63) is 0 Å². The van der Waals surface area contributed by atoms with E-state index in [2.05, 4.69) is 4.72 Å². The summed E-state index contributed by atoms with van der Waals surface area (Å²) in [4.78, 5) is 13.0. The maximum Gasteiger partial charge on any atom is 0.394 e. The van der Waals surface area contributed by atoms with Crippen LogP contribution in [0.3, 0.4) is 0 Å². The first-order chi connectivity index (χ1) is 9.34. The Hall–Kier alpha value is -0.830. The van der Waals surface area contributed by atoms with Crippen LogP contribution in [-0.2, 0) is 14.8 Å². The number of hydrogen-bond acceptors (Lipinski definition) is 3. The molecule has 9 heteroatoms. The lowest BCUT2D eigenvalue weighted by atomic mass is 9.90. The highest BCUT2D eigenvalue weighted by molar-refractivity contribution is 7.89. The van der Waals surface area contributed by atoms with Gasteiger partial charge >= 0.3 is 6.18 Å². The third-order valence-electron chi connectivity index (χ3n) is 3.77. The molecule has 0 aromatic rings. The van der Waals surface area contributed by atoms with Crippen LogP contribution in [0.5, 0.6) is 0 Å². The molecule has 0 saturated carbocycles. The Morgan fingerprint density at radius 3 is 2.38 bits per heavy atom. The van der Waals surface area contributed by atoms with Crippen molar-refractivity contribution in [2.75, 3.05) is 19.3 Å². The maximum atomic E-state index is 12.7. The van der Waals surface area contributed by atoms with Crippen molar-refractivity contribution in [3.8, 4) is 0 Å². The molecule has 0 bridgehead atoms. The van der Waals surface area contributed by atoms with Crippen molar-refractivity contribution in [2.24, 2.45) is 5.41 Å². The number of carbonyl (C=O) groups excluding carboxylic acids is 1. The summed E-state index contributed by atoms with van der Waals surface area (Å²) in [5.41, 5.74) is -2.07. The van der Waals surface area contributed by atoms with E-state index in [1.165, 1.54) is 4.90 Å². The predicted octanol–water partition coefficient (Wildman–Crippen LogP) is 1.51. The smallest absolute Gasteiger partial charge is 0.346 e. The molecule has 1 aliphatic rings. The largest absolute Gasteiger partial charge is 0.394 e. The Balaban J connectivity index is 2.57. The van der Waals surface area contributed by atoms with Crippen LogP contribution in [0, 0.1) is 5.41 Å². The molecule has 1 rings (SSSR count). The van der Waals surface area contributed by atoms with Crippen molar-refractivity contribution in [3.63, 3.8) is 0 Å². The lowest BCUT2D eigenvalue weighted by molar-refractivity contribution is -0.211. The number of nitrogens with one attached hydrogen (secondary N) is 1. The fourth-order valence-electron chi connectivity index (χ4n) is 1.89. The molecular formula is C12H21F3N2O3S. The Labute approximate surface area is 122 Å². The number of rotatable bonds is 5. The monoisotopic (exact) mass is 330 g/mol. The van der Waals surface area contributed by atoms with Gasteiger partial charge in [-0.25, -0.2) is 13.1 Å². The molecule has 124 valence electrons. The molecule has 5 nitrogen and oxygen atoms in total. The molecule has 1 saturated heterocycles. The zero-order valence-corrected chi connectivity index (χ0v) is 13.1. The molecule has 21 heavy (non-hydrogen) atoms. The molecular weight excluding hydrogens is 309 g/mol. The summed E-state index contributed by atoms with van der Waals surface area (Å²) < 4.78 is 64.1. The minimum Gasteiger partial charge on any atom is -0.346 e. The summed E-state index contributed by atoms with van der Waals surface area (Å²) in [5.74, 6) is -0.787. The van der Waals surface area contributed by atoms with Crippen LogP contribution in [0.15, 0.2) is 0 Å². The van der Waals surface area contributed by atoms with Gasteiger partial charge in [-0.15, -0.1) is 0 Å². The second kappa shape index (κ2) is 6.12. The number of alkyl halides is 3. The van der Waals surface area contributed by atoms with E-state index < -0.39 is 39.8 Å². The van der Waals surface area contributed by atoms with Crippen LogP contribution in [-0.4, -0.2) is 50.8 Å². The molecule has 0 aromatic carbocycles. The average molecular weight is 330 g/mol. The van der Waals surface area contributed by atoms with Crippen LogP contribution in [0.25, 0.3) is 0 Å². The van der Waals surface area contributed by atoms with Gasteiger partial charge in [0.25, 0.3) is 0 Å². The fourth-order valence-corrected chi connectivity index (χ4v) is 3.49. The zero-order chi connectivity index (χ0) is 16.5. The number of nitrogens with zero attached hydrogens (tertiary/aromatic N) is 1. The second-order valence-corrected chi connectivity index (χ2v) is 7.95. The number of hydrogen-bond donors (Lipinski definition) is 1. The minimum absolute atomic E-state index is 0.0401. The van der Waals surface area contributed by atoms with Gasteiger partial charge in [0.05, 0.1) is 11.2 Å². The number of carbonyl (C=O) groups is 1. The Bertz CT molecular complexity index is 488. The van der Waals surface area contributed by atoms with Crippen molar-refractivity contribution in [2.45, 2.75) is 45.3 Å². The van der Waals surface area contributed by atoms with Crippen LogP contribution in [0.2, 0.25) is 0 Å². The summed E-state index contributed by atoms with van der Waals surface area (Å²) >= 11 is 0. The number of sulfonamides is 1. The SMILES string of the molecule is CN1CC[C@H](NS(=O)(=O)CCC(C)(C)C(F)(F)F)CC1=O. The van der Waals surface area contributed by atoms with E-state index in [0.29, 0.717) is 13.0 Å². The second-order valence-electron chi connectivity index (χ2n) is 6.07. The summed E-state index contributed by atoms with van der Waals surface area (Å²) in [6.45, 7) is 2.38. The van der Waals surface area contributed by atoms with Gasteiger partial charge < -0.3 is 4.90 Å². The number of likely N-dealkylation sites (tertiary alicyclic amines) is 1. The van der Waals surface area contributed by atoms with Gasteiger partial charge in [0, 0.05) is 26.1 Å². The topological polar surface area (TPSA) is 66.5 Å². The fraction of sp³-hybridized carbons (Fsp3) is 0.917. The van der Waals surface area contributed by atoms with Gasteiger partial charge in [0.1, 0.15) is 0 Å². The third kappa shape index (κ3) is 5.14. The Morgan fingerprint density at radius 2 is 1.90 bits per heavy atom. The molecule has 0 aliphatic carbocycles. The maximum absolute atomic E-state index is 12.7. The number of amides is 1. The summed E-state index contributed by atoms with van der Waals surface area (Å²) in [6.07, 6.45) is -4.47. The van der Waals surface area contributed by atoms with Gasteiger partial charge in [-0.3, -0.25) is 4.79 Å².